The molecule has 36 heavy (non-hydrogen) atoms. The largest absolute Gasteiger partial charge is 0.488 e. The predicted octanol–water partition coefficient (Wildman–Crippen LogP) is 3.57. The van der Waals surface area contributed by atoms with Gasteiger partial charge in [0.25, 0.3) is 17.5 Å². The average molecular weight is 487 g/mol. The number of nitro benzene ring substituents is 1. The molecule has 5 rings (SSSR count). The van der Waals surface area contributed by atoms with Crippen LogP contribution in [0.5, 0.6) is 17.2 Å². The minimum absolute atomic E-state index is 0.0270. The minimum Gasteiger partial charge on any atom is -0.488 e. The third-order valence-electron chi connectivity index (χ3n) is 5.48. The number of non-ortho nitro benzene ring substituents is 1. The van der Waals surface area contributed by atoms with Crippen LogP contribution >= 0.6 is 0 Å². The molecule has 1 N–H and O–H groups in total. The molecule has 0 unspecified atom stereocenters. The van der Waals surface area contributed by atoms with Gasteiger partial charge in [0, 0.05) is 23.8 Å². The molecule has 0 aliphatic carbocycles. The van der Waals surface area contributed by atoms with Crippen molar-refractivity contribution in [3.8, 4) is 17.2 Å². The standard InChI is InChI=1S/C25H17N3O8/c29-23-19(24(30)27(25(31)26-23)18-9-10-21-22(12-18)36-14-35-21)11-16-3-1-2-4-20(16)34-13-15-5-7-17(8-6-15)28(32)33/h1-12H,13-14H2,(H,26,29,31)/b19-11+. The average Bonchev–Trinajstić information content (AvgIpc) is 3.34. The Labute approximate surface area is 203 Å². The van der Waals surface area contributed by atoms with Crippen LogP contribution in [0.25, 0.3) is 6.08 Å². The van der Waals surface area contributed by atoms with Crippen molar-refractivity contribution >= 4 is 35.3 Å². The number of hydrogen-bond acceptors (Lipinski definition) is 8. The highest BCUT2D eigenvalue weighted by Crippen LogP contribution is 2.36. The van der Waals surface area contributed by atoms with Crippen LogP contribution in [0.3, 0.4) is 0 Å². The van der Waals surface area contributed by atoms with Crippen LogP contribution in [-0.2, 0) is 16.2 Å². The molecule has 0 spiro atoms. The number of urea groups is 1. The molecule has 1 saturated heterocycles. The molecule has 0 aromatic heterocycles. The molecule has 0 radical (unpaired) electrons. The third kappa shape index (κ3) is 4.32. The number of imide groups is 2. The molecule has 2 aliphatic heterocycles. The fraction of sp³-hybridized carbons (Fsp3) is 0.0800. The van der Waals surface area contributed by atoms with E-state index >= 15 is 0 Å². The summed E-state index contributed by atoms with van der Waals surface area (Å²) in [6, 6.07) is 16.3. The van der Waals surface area contributed by atoms with E-state index in [4.69, 9.17) is 14.2 Å². The number of nitrogens with zero attached hydrogens (tertiary/aromatic N) is 2. The van der Waals surface area contributed by atoms with Crippen molar-refractivity contribution in [3.05, 3.63) is 93.5 Å². The first-order valence-corrected chi connectivity index (χ1v) is 10.7. The molecule has 11 heteroatoms. The molecule has 0 bridgehead atoms. The summed E-state index contributed by atoms with van der Waals surface area (Å²) < 4.78 is 16.4. The number of fused-ring (bicyclic) bond motifs is 1. The minimum atomic E-state index is -0.885. The molecule has 2 aliphatic rings. The molecular formula is C25H17N3O8. The van der Waals surface area contributed by atoms with E-state index in [2.05, 4.69) is 5.32 Å². The smallest absolute Gasteiger partial charge is 0.335 e. The molecule has 1 fully saturated rings. The van der Waals surface area contributed by atoms with Crippen LogP contribution in [0.15, 0.2) is 72.3 Å². The second kappa shape index (κ2) is 9.22. The first kappa shape index (κ1) is 22.6. The van der Waals surface area contributed by atoms with Crippen LogP contribution in [0.2, 0.25) is 0 Å². The molecule has 0 atom stereocenters. The first-order chi connectivity index (χ1) is 17.4. The van der Waals surface area contributed by atoms with Crippen molar-refractivity contribution in [3.63, 3.8) is 0 Å². The Bertz CT molecular complexity index is 1430. The number of nitro groups is 1. The maximum Gasteiger partial charge on any atom is 0.335 e. The zero-order valence-electron chi connectivity index (χ0n) is 18.5. The number of benzene rings is 3. The quantitative estimate of drug-likeness (QED) is 0.241. The highest BCUT2D eigenvalue weighted by molar-refractivity contribution is 6.39. The summed E-state index contributed by atoms with van der Waals surface area (Å²) in [6.07, 6.45) is 1.34. The number of barbiturate groups is 1. The van der Waals surface area contributed by atoms with Crippen LogP contribution in [-0.4, -0.2) is 29.6 Å². The second-order valence-electron chi connectivity index (χ2n) is 7.75. The van der Waals surface area contributed by atoms with E-state index in [0.717, 1.165) is 4.90 Å². The van der Waals surface area contributed by atoms with Gasteiger partial charge >= 0.3 is 6.03 Å². The normalized spacial score (nSPS) is 15.7. The zero-order valence-corrected chi connectivity index (χ0v) is 18.5. The lowest BCUT2D eigenvalue weighted by Crippen LogP contribution is -2.54. The lowest BCUT2D eigenvalue weighted by atomic mass is 10.1. The summed E-state index contributed by atoms with van der Waals surface area (Å²) in [5.41, 5.74) is 1.03. The molecular weight excluding hydrogens is 470 g/mol. The Hall–Kier alpha value is -5.19. The molecule has 3 aromatic carbocycles. The van der Waals surface area contributed by atoms with Gasteiger partial charge in [0.15, 0.2) is 11.5 Å². The topological polar surface area (TPSA) is 137 Å². The Morgan fingerprint density at radius 3 is 2.53 bits per heavy atom. The highest BCUT2D eigenvalue weighted by atomic mass is 16.7. The lowest BCUT2D eigenvalue weighted by Gasteiger charge is -2.26. The fourth-order valence-corrected chi connectivity index (χ4v) is 3.68. The number of para-hydroxylation sites is 1. The van der Waals surface area contributed by atoms with Crippen molar-refractivity contribution < 1.29 is 33.5 Å². The van der Waals surface area contributed by atoms with Gasteiger partial charge in [-0.2, -0.15) is 0 Å². The van der Waals surface area contributed by atoms with E-state index in [1.807, 2.05) is 0 Å². The van der Waals surface area contributed by atoms with Gasteiger partial charge in [0.2, 0.25) is 6.79 Å². The lowest BCUT2D eigenvalue weighted by molar-refractivity contribution is -0.384. The highest BCUT2D eigenvalue weighted by Gasteiger charge is 2.37. The number of hydrogen-bond donors (Lipinski definition) is 1. The summed E-state index contributed by atoms with van der Waals surface area (Å²) in [5.74, 6) is -0.425. The molecule has 2 heterocycles. The fourth-order valence-electron chi connectivity index (χ4n) is 3.68. The van der Waals surface area contributed by atoms with Gasteiger partial charge in [-0.25, -0.2) is 9.69 Å². The van der Waals surface area contributed by atoms with Gasteiger partial charge in [0.05, 0.1) is 10.6 Å². The van der Waals surface area contributed by atoms with Gasteiger partial charge in [-0.1, -0.05) is 18.2 Å². The predicted molar refractivity (Wildman–Crippen MR) is 125 cm³/mol. The summed E-state index contributed by atoms with van der Waals surface area (Å²) in [7, 11) is 0. The Kier molecular flexibility index (Phi) is 5.79. The van der Waals surface area contributed by atoms with E-state index in [0.29, 0.717) is 28.4 Å². The van der Waals surface area contributed by atoms with Crippen LogP contribution in [0.4, 0.5) is 16.2 Å². The zero-order chi connectivity index (χ0) is 25.2. The van der Waals surface area contributed by atoms with Gasteiger partial charge in [0.1, 0.15) is 17.9 Å². The number of anilines is 1. The van der Waals surface area contributed by atoms with Crippen LogP contribution < -0.4 is 24.4 Å². The molecule has 180 valence electrons. The molecule has 4 amide bonds. The van der Waals surface area contributed by atoms with Crippen LogP contribution in [0.1, 0.15) is 11.1 Å². The SMILES string of the molecule is O=C1NC(=O)N(c2ccc3c(c2)OCO3)C(=O)/C1=C/c1ccccc1OCc1ccc([N+](=O)[O-])cc1. The van der Waals surface area contributed by atoms with Crippen molar-refractivity contribution in [1.82, 2.24) is 5.32 Å². The maximum absolute atomic E-state index is 13.2. The third-order valence-corrected chi connectivity index (χ3v) is 5.48. The Morgan fingerprint density at radius 2 is 1.75 bits per heavy atom. The van der Waals surface area contributed by atoms with Crippen molar-refractivity contribution in [2.75, 3.05) is 11.7 Å². The van der Waals surface area contributed by atoms with Crippen molar-refractivity contribution in [2.24, 2.45) is 0 Å². The van der Waals surface area contributed by atoms with Crippen LogP contribution in [0, 0.1) is 10.1 Å². The number of amides is 4. The summed E-state index contributed by atoms with van der Waals surface area (Å²) in [5, 5.41) is 13.0. The number of rotatable bonds is 6. The number of carbonyl (C=O) groups excluding carboxylic acids is 3. The van der Waals surface area contributed by atoms with E-state index < -0.39 is 22.8 Å². The van der Waals surface area contributed by atoms with Crippen molar-refractivity contribution in [1.29, 1.82) is 0 Å². The number of ether oxygens (including phenoxy) is 3. The number of nitrogens with one attached hydrogen (secondary N) is 1. The first-order valence-electron chi connectivity index (χ1n) is 10.7. The van der Waals surface area contributed by atoms with Gasteiger partial charge in [-0.05, 0) is 42.0 Å². The Balaban J connectivity index is 1.40. The molecule has 3 aromatic rings. The van der Waals surface area contributed by atoms with E-state index in [1.165, 1.54) is 30.3 Å². The van der Waals surface area contributed by atoms with E-state index in [1.54, 1.807) is 42.5 Å². The van der Waals surface area contributed by atoms with Gasteiger partial charge in [-0.15, -0.1) is 0 Å². The Morgan fingerprint density at radius 1 is 1.00 bits per heavy atom. The second-order valence-corrected chi connectivity index (χ2v) is 7.75. The van der Waals surface area contributed by atoms with Gasteiger partial charge in [-0.3, -0.25) is 25.0 Å². The monoisotopic (exact) mass is 487 g/mol. The number of carbonyl (C=O) groups is 3. The summed E-state index contributed by atoms with van der Waals surface area (Å²) >= 11 is 0. The molecule has 0 saturated carbocycles. The maximum atomic E-state index is 13.2. The summed E-state index contributed by atoms with van der Waals surface area (Å²) in [4.78, 5) is 49.5. The van der Waals surface area contributed by atoms with Gasteiger partial charge < -0.3 is 14.2 Å². The van der Waals surface area contributed by atoms with E-state index in [-0.39, 0.29) is 30.3 Å². The van der Waals surface area contributed by atoms with Crippen molar-refractivity contribution in [2.45, 2.75) is 6.61 Å². The van der Waals surface area contributed by atoms with E-state index in [9.17, 15) is 24.5 Å². The summed E-state index contributed by atoms with van der Waals surface area (Å²) in [6.45, 7) is 0.124. The molecule has 11 nitrogen and oxygen atoms in total.